The number of aromatic nitrogens is 1. The molecule has 2 N–H and O–H groups in total. The number of hydrazone groups is 1. The van der Waals surface area contributed by atoms with Crippen LogP contribution in [0.1, 0.15) is 26.0 Å². The van der Waals surface area contributed by atoms with Gasteiger partial charge in [0.2, 0.25) is 5.13 Å². The van der Waals surface area contributed by atoms with E-state index in [1.54, 1.807) is 12.3 Å². The fraction of sp³-hybridized carbons (Fsp3) is 0.545. The maximum absolute atomic E-state index is 11.2. The van der Waals surface area contributed by atoms with Gasteiger partial charge in [-0.3, -0.25) is 10.2 Å². The van der Waals surface area contributed by atoms with Crippen molar-refractivity contribution in [1.29, 1.82) is 0 Å². The van der Waals surface area contributed by atoms with Crippen LogP contribution in [0.4, 0.5) is 5.13 Å². The quantitative estimate of drug-likeness (QED) is 0.445. The number of aliphatic hydroxyl groups excluding tert-OH is 1. The molecule has 0 saturated heterocycles. The van der Waals surface area contributed by atoms with Gasteiger partial charge in [-0.1, -0.05) is 0 Å². The van der Waals surface area contributed by atoms with Crippen molar-refractivity contribution >= 4 is 28.1 Å². The molecular formula is C11H17N3O3S. The average Bonchev–Trinajstić information content (AvgIpc) is 2.75. The van der Waals surface area contributed by atoms with Crippen molar-refractivity contribution in [2.75, 3.05) is 18.6 Å². The zero-order chi connectivity index (χ0) is 13.4. The molecule has 18 heavy (non-hydrogen) atoms. The van der Waals surface area contributed by atoms with Gasteiger partial charge in [-0.2, -0.15) is 5.10 Å². The maximum atomic E-state index is 11.2. The van der Waals surface area contributed by atoms with Crippen molar-refractivity contribution in [3.63, 3.8) is 0 Å². The van der Waals surface area contributed by atoms with Crippen molar-refractivity contribution in [2.45, 2.75) is 26.7 Å². The Morgan fingerprint density at radius 3 is 3.11 bits per heavy atom. The van der Waals surface area contributed by atoms with Crippen LogP contribution in [0.3, 0.4) is 0 Å². The number of aliphatic hydroxyl groups is 1. The van der Waals surface area contributed by atoms with Crippen LogP contribution >= 0.6 is 11.3 Å². The smallest absolute Gasteiger partial charge is 0.311 e. The molecular weight excluding hydrogens is 254 g/mol. The van der Waals surface area contributed by atoms with E-state index in [-0.39, 0.29) is 19.0 Å². The van der Waals surface area contributed by atoms with Crippen molar-refractivity contribution in [3.05, 3.63) is 11.1 Å². The van der Waals surface area contributed by atoms with Crippen molar-refractivity contribution < 1.29 is 14.6 Å². The zero-order valence-corrected chi connectivity index (χ0v) is 11.3. The van der Waals surface area contributed by atoms with Gasteiger partial charge in [-0.15, -0.1) is 11.3 Å². The highest BCUT2D eigenvalue weighted by Crippen LogP contribution is 2.16. The van der Waals surface area contributed by atoms with Crippen molar-refractivity contribution in [1.82, 2.24) is 4.98 Å². The molecule has 1 rings (SSSR count). The van der Waals surface area contributed by atoms with Gasteiger partial charge < -0.3 is 9.84 Å². The highest BCUT2D eigenvalue weighted by Gasteiger charge is 2.07. The number of thiazole rings is 1. The zero-order valence-electron chi connectivity index (χ0n) is 10.5. The molecule has 0 aromatic carbocycles. The SMILES string of the molecule is CCOC(=O)Cc1csc(NN=C(C)CCO)n1. The number of anilines is 1. The molecule has 1 aromatic rings. The average molecular weight is 271 g/mol. The third kappa shape index (κ3) is 5.24. The molecule has 0 amide bonds. The van der Waals surface area contributed by atoms with Gasteiger partial charge in [-0.25, -0.2) is 4.98 Å². The summed E-state index contributed by atoms with van der Waals surface area (Å²) in [7, 11) is 0. The first-order valence-corrected chi connectivity index (χ1v) is 6.53. The summed E-state index contributed by atoms with van der Waals surface area (Å²) >= 11 is 1.37. The predicted molar refractivity (Wildman–Crippen MR) is 70.9 cm³/mol. The van der Waals surface area contributed by atoms with Crippen LogP contribution in [0.25, 0.3) is 0 Å². The Morgan fingerprint density at radius 1 is 1.67 bits per heavy atom. The molecule has 0 unspecified atom stereocenters. The number of ether oxygens (including phenoxy) is 1. The Balaban J connectivity index is 2.48. The van der Waals surface area contributed by atoms with Gasteiger partial charge in [0.25, 0.3) is 0 Å². The lowest BCUT2D eigenvalue weighted by Gasteiger charge is -1.99. The topological polar surface area (TPSA) is 83.8 Å². The number of nitrogens with one attached hydrogen (secondary N) is 1. The first-order valence-electron chi connectivity index (χ1n) is 5.65. The Hall–Kier alpha value is -1.47. The predicted octanol–water partition coefficient (Wildman–Crippen LogP) is 1.42. The molecule has 0 fully saturated rings. The molecule has 7 heteroatoms. The lowest BCUT2D eigenvalue weighted by atomic mass is 10.3. The number of carbonyl (C=O) groups is 1. The molecule has 0 saturated carbocycles. The van der Waals surface area contributed by atoms with E-state index >= 15 is 0 Å². The van der Waals surface area contributed by atoms with E-state index in [4.69, 9.17) is 9.84 Å². The normalized spacial score (nSPS) is 11.4. The van der Waals surface area contributed by atoms with Gasteiger partial charge in [0.15, 0.2) is 0 Å². The minimum atomic E-state index is -0.283. The van der Waals surface area contributed by atoms with E-state index in [2.05, 4.69) is 15.5 Å². The molecule has 1 heterocycles. The van der Waals surface area contributed by atoms with Crippen molar-refractivity contribution in [2.24, 2.45) is 5.10 Å². The van der Waals surface area contributed by atoms with Crippen LogP contribution < -0.4 is 5.43 Å². The summed E-state index contributed by atoms with van der Waals surface area (Å²) in [5.74, 6) is -0.283. The minimum absolute atomic E-state index is 0.0724. The summed E-state index contributed by atoms with van der Waals surface area (Å²) in [6.45, 7) is 4.03. The van der Waals surface area contributed by atoms with E-state index in [9.17, 15) is 4.79 Å². The molecule has 0 atom stereocenters. The summed E-state index contributed by atoms with van der Waals surface area (Å²) in [6.07, 6.45) is 0.694. The Morgan fingerprint density at radius 2 is 2.44 bits per heavy atom. The van der Waals surface area contributed by atoms with Crippen LogP contribution in [0.5, 0.6) is 0 Å². The molecule has 6 nitrogen and oxygen atoms in total. The molecule has 1 aromatic heterocycles. The summed E-state index contributed by atoms with van der Waals surface area (Å²) in [4.78, 5) is 15.4. The summed E-state index contributed by atoms with van der Waals surface area (Å²) in [6, 6.07) is 0. The second-order valence-corrected chi connectivity index (χ2v) is 4.42. The largest absolute Gasteiger partial charge is 0.466 e. The molecule has 0 spiro atoms. The number of carbonyl (C=O) groups excluding carboxylic acids is 1. The van der Waals surface area contributed by atoms with Crippen LogP contribution in [0, 0.1) is 0 Å². The monoisotopic (exact) mass is 271 g/mol. The van der Waals surface area contributed by atoms with Crippen molar-refractivity contribution in [3.8, 4) is 0 Å². The minimum Gasteiger partial charge on any atom is -0.466 e. The van der Waals surface area contributed by atoms with Crippen LogP contribution in [-0.2, 0) is 16.0 Å². The standard InChI is InChI=1S/C11H17N3O3S/c1-3-17-10(16)6-9-7-18-11(12-9)14-13-8(2)4-5-15/h7,15H,3-6H2,1-2H3,(H,12,14). The van der Waals surface area contributed by atoms with Crippen LogP contribution in [0.15, 0.2) is 10.5 Å². The van der Waals surface area contributed by atoms with E-state index in [0.717, 1.165) is 5.71 Å². The molecule has 0 aliphatic heterocycles. The molecule has 0 aliphatic rings. The lowest BCUT2D eigenvalue weighted by molar-refractivity contribution is -0.142. The third-order valence-corrected chi connectivity index (χ3v) is 2.79. The highest BCUT2D eigenvalue weighted by molar-refractivity contribution is 7.13. The van der Waals surface area contributed by atoms with E-state index in [1.165, 1.54) is 11.3 Å². The number of rotatable bonds is 7. The van der Waals surface area contributed by atoms with Gasteiger partial charge >= 0.3 is 5.97 Å². The fourth-order valence-electron chi connectivity index (χ4n) is 1.16. The third-order valence-electron chi connectivity index (χ3n) is 2.00. The number of esters is 1. The van der Waals surface area contributed by atoms with E-state index in [0.29, 0.717) is 23.9 Å². The van der Waals surface area contributed by atoms with Gasteiger partial charge in [0.1, 0.15) is 0 Å². The first kappa shape index (κ1) is 14.6. The Labute approximate surface area is 110 Å². The number of hydrogen-bond acceptors (Lipinski definition) is 7. The summed E-state index contributed by atoms with van der Waals surface area (Å²) in [5, 5.41) is 15.2. The highest BCUT2D eigenvalue weighted by atomic mass is 32.1. The fourth-order valence-corrected chi connectivity index (χ4v) is 1.81. The Kier molecular flexibility index (Phi) is 6.31. The van der Waals surface area contributed by atoms with E-state index in [1.807, 2.05) is 6.92 Å². The van der Waals surface area contributed by atoms with Crippen LogP contribution in [-0.4, -0.2) is 35.0 Å². The first-order chi connectivity index (χ1) is 8.65. The maximum Gasteiger partial charge on any atom is 0.311 e. The lowest BCUT2D eigenvalue weighted by Crippen LogP contribution is -2.07. The van der Waals surface area contributed by atoms with Crippen LogP contribution in [0.2, 0.25) is 0 Å². The van der Waals surface area contributed by atoms with Gasteiger partial charge in [0.05, 0.1) is 18.7 Å². The van der Waals surface area contributed by atoms with E-state index < -0.39 is 0 Å². The number of hydrogen-bond donors (Lipinski definition) is 2. The molecule has 100 valence electrons. The summed E-state index contributed by atoms with van der Waals surface area (Å²) in [5.41, 5.74) is 4.24. The van der Waals surface area contributed by atoms with Gasteiger partial charge in [-0.05, 0) is 13.8 Å². The van der Waals surface area contributed by atoms with Gasteiger partial charge in [0, 0.05) is 24.1 Å². The molecule has 0 radical (unpaired) electrons. The summed E-state index contributed by atoms with van der Waals surface area (Å²) < 4.78 is 4.84. The Bertz CT molecular complexity index is 417. The second kappa shape index (κ2) is 7.78. The molecule has 0 aliphatic carbocycles. The number of nitrogens with zero attached hydrogens (tertiary/aromatic N) is 2. The molecule has 0 bridgehead atoms. The second-order valence-electron chi connectivity index (χ2n) is 3.56.